The van der Waals surface area contributed by atoms with E-state index >= 15 is 0 Å². The van der Waals surface area contributed by atoms with Crippen LogP contribution in [0.1, 0.15) is 5.56 Å². The third-order valence-electron chi connectivity index (χ3n) is 2.94. The normalized spacial score (nSPS) is 11.2. The van der Waals surface area contributed by atoms with Gasteiger partial charge in [-0.1, -0.05) is 28.1 Å². The minimum atomic E-state index is 0.934. The fraction of sp³-hybridized carbons (Fsp3) is 0.286. The Bertz CT molecular complexity index is 516. The highest BCUT2D eigenvalue weighted by Gasteiger charge is 2.07. The van der Waals surface area contributed by atoms with E-state index in [4.69, 9.17) is 0 Å². The van der Waals surface area contributed by atoms with Crippen LogP contribution in [0.3, 0.4) is 0 Å². The van der Waals surface area contributed by atoms with Crippen molar-refractivity contribution in [3.8, 4) is 0 Å². The van der Waals surface area contributed by atoms with Crippen LogP contribution in [0, 0.1) is 0 Å². The number of nitrogens with zero attached hydrogens (tertiary/aromatic N) is 1. The Balaban J connectivity index is 2.16. The van der Waals surface area contributed by atoms with Crippen LogP contribution < -0.4 is 0 Å². The number of nitrogens with one attached hydrogen (secondary N) is 1. The van der Waals surface area contributed by atoms with Gasteiger partial charge in [-0.05, 0) is 31.2 Å². The van der Waals surface area contributed by atoms with Gasteiger partial charge in [-0.2, -0.15) is 0 Å². The Labute approximate surface area is 110 Å². The van der Waals surface area contributed by atoms with Gasteiger partial charge < -0.3 is 9.88 Å². The number of rotatable bonds is 5. The molecule has 90 valence electrons. The number of aromatic nitrogens is 1. The molecule has 2 nitrogen and oxygen atoms in total. The molecule has 0 bridgehead atoms. The fourth-order valence-electron chi connectivity index (χ4n) is 2.03. The van der Waals surface area contributed by atoms with E-state index in [0.717, 1.165) is 24.0 Å². The van der Waals surface area contributed by atoms with Crippen LogP contribution in [0.15, 0.2) is 41.5 Å². The standard InChI is InChI=1S/C14H17BrN2/c1-3-8-17(2)9-7-11-10-16-13-6-4-5-12(15)14(11)13/h3-6,10,16H,1,7-9H2,2H3. The summed E-state index contributed by atoms with van der Waals surface area (Å²) >= 11 is 3.61. The second kappa shape index (κ2) is 5.52. The molecule has 0 spiro atoms. The van der Waals surface area contributed by atoms with Gasteiger partial charge in [0.2, 0.25) is 0 Å². The lowest BCUT2D eigenvalue weighted by atomic mass is 10.1. The Kier molecular flexibility index (Phi) is 4.02. The number of aromatic amines is 1. The van der Waals surface area contributed by atoms with Crippen molar-refractivity contribution in [1.82, 2.24) is 9.88 Å². The van der Waals surface area contributed by atoms with Crippen LogP contribution in [-0.4, -0.2) is 30.0 Å². The molecule has 2 aromatic rings. The molecule has 17 heavy (non-hydrogen) atoms. The van der Waals surface area contributed by atoms with Crippen LogP contribution >= 0.6 is 15.9 Å². The second-order valence-corrected chi connectivity index (χ2v) is 5.13. The highest BCUT2D eigenvalue weighted by molar-refractivity contribution is 9.10. The molecule has 0 saturated carbocycles. The van der Waals surface area contributed by atoms with Gasteiger partial charge in [0.25, 0.3) is 0 Å². The molecule has 0 aliphatic heterocycles. The van der Waals surface area contributed by atoms with Gasteiger partial charge in [0.15, 0.2) is 0 Å². The van der Waals surface area contributed by atoms with Crippen molar-refractivity contribution >= 4 is 26.8 Å². The summed E-state index contributed by atoms with van der Waals surface area (Å²) in [5.74, 6) is 0. The summed E-state index contributed by atoms with van der Waals surface area (Å²) in [4.78, 5) is 5.58. The Morgan fingerprint density at radius 1 is 1.47 bits per heavy atom. The van der Waals surface area contributed by atoms with Crippen molar-refractivity contribution in [3.63, 3.8) is 0 Å². The number of halogens is 1. The van der Waals surface area contributed by atoms with Crippen LogP contribution in [0.25, 0.3) is 10.9 Å². The molecule has 1 N–H and O–H groups in total. The number of H-pyrrole nitrogens is 1. The molecule has 0 aliphatic carbocycles. The predicted molar refractivity (Wildman–Crippen MR) is 77.4 cm³/mol. The summed E-state index contributed by atoms with van der Waals surface area (Å²) in [7, 11) is 2.12. The van der Waals surface area contributed by atoms with Crippen molar-refractivity contribution < 1.29 is 0 Å². The number of hydrogen-bond donors (Lipinski definition) is 1. The van der Waals surface area contributed by atoms with Crippen molar-refractivity contribution in [2.75, 3.05) is 20.1 Å². The first kappa shape index (κ1) is 12.4. The monoisotopic (exact) mass is 292 g/mol. The smallest absolute Gasteiger partial charge is 0.0468 e. The van der Waals surface area contributed by atoms with Crippen LogP contribution in [0.4, 0.5) is 0 Å². The topological polar surface area (TPSA) is 19.0 Å². The van der Waals surface area contributed by atoms with Crippen LogP contribution in [0.5, 0.6) is 0 Å². The lowest BCUT2D eigenvalue weighted by molar-refractivity contribution is 0.376. The zero-order valence-electron chi connectivity index (χ0n) is 10.0. The Hall–Kier alpha value is -1.06. The third kappa shape index (κ3) is 2.79. The third-order valence-corrected chi connectivity index (χ3v) is 3.60. The summed E-state index contributed by atoms with van der Waals surface area (Å²) in [5.41, 5.74) is 2.56. The maximum Gasteiger partial charge on any atom is 0.0468 e. The average Bonchev–Trinajstić information content (AvgIpc) is 2.71. The Morgan fingerprint density at radius 3 is 3.06 bits per heavy atom. The molecular formula is C14H17BrN2. The molecule has 1 aromatic carbocycles. The van der Waals surface area contributed by atoms with E-state index in [0.29, 0.717) is 0 Å². The van der Waals surface area contributed by atoms with E-state index in [1.54, 1.807) is 0 Å². The highest BCUT2D eigenvalue weighted by atomic mass is 79.9. The first-order valence-electron chi connectivity index (χ1n) is 5.76. The van der Waals surface area contributed by atoms with Gasteiger partial charge >= 0.3 is 0 Å². The molecule has 0 fully saturated rings. The lowest BCUT2D eigenvalue weighted by Gasteiger charge is -2.13. The molecule has 2 rings (SSSR count). The maximum absolute atomic E-state index is 3.75. The SMILES string of the molecule is C=CCN(C)CCc1c[nH]c2cccc(Br)c12. The quantitative estimate of drug-likeness (QED) is 0.835. The minimum Gasteiger partial charge on any atom is -0.361 e. The zero-order chi connectivity index (χ0) is 12.3. The van der Waals surface area contributed by atoms with Crippen LogP contribution in [-0.2, 0) is 6.42 Å². The number of likely N-dealkylation sites (N-methyl/N-ethyl adjacent to an activating group) is 1. The van der Waals surface area contributed by atoms with E-state index in [-0.39, 0.29) is 0 Å². The highest BCUT2D eigenvalue weighted by Crippen LogP contribution is 2.27. The summed E-state index contributed by atoms with van der Waals surface area (Å²) in [6.07, 6.45) is 5.09. The van der Waals surface area contributed by atoms with E-state index in [1.807, 2.05) is 6.08 Å². The number of benzene rings is 1. The fourth-order valence-corrected chi connectivity index (χ4v) is 2.65. The van der Waals surface area contributed by atoms with Crippen molar-refractivity contribution in [2.45, 2.75) is 6.42 Å². The zero-order valence-corrected chi connectivity index (χ0v) is 11.6. The first-order valence-corrected chi connectivity index (χ1v) is 6.55. The van der Waals surface area contributed by atoms with E-state index in [2.05, 4.69) is 63.8 Å². The maximum atomic E-state index is 3.75. The van der Waals surface area contributed by atoms with Gasteiger partial charge in [-0.3, -0.25) is 0 Å². The molecule has 1 heterocycles. The van der Waals surface area contributed by atoms with Crippen molar-refractivity contribution in [2.24, 2.45) is 0 Å². The lowest BCUT2D eigenvalue weighted by Crippen LogP contribution is -2.20. The first-order chi connectivity index (χ1) is 8.22. The number of fused-ring (bicyclic) bond motifs is 1. The van der Waals surface area contributed by atoms with Crippen LogP contribution in [0.2, 0.25) is 0 Å². The molecule has 0 aliphatic rings. The van der Waals surface area contributed by atoms with Crippen molar-refractivity contribution in [1.29, 1.82) is 0 Å². The molecular weight excluding hydrogens is 276 g/mol. The van der Waals surface area contributed by atoms with Gasteiger partial charge in [-0.25, -0.2) is 0 Å². The van der Waals surface area contributed by atoms with Gasteiger partial charge in [0.1, 0.15) is 0 Å². The molecule has 3 heteroatoms. The minimum absolute atomic E-state index is 0.934. The molecule has 0 atom stereocenters. The van der Waals surface area contributed by atoms with Crippen molar-refractivity contribution in [3.05, 3.63) is 47.1 Å². The van der Waals surface area contributed by atoms with Gasteiger partial charge in [-0.15, -0.1) is 6.58 Å². The molecule has 0 amide bonds. The molecule has 0 saturated heterocycles. The van der Waals surface area contributed by atoms with E-state index in [1.165, 1.54) is 16.5 Å². The summed E-state index contributed by atoms with van der Waals surface area (Å²) < 4.78 is 1.16. The van der Waals surface area contributed by atoms with Gasteiger partial charge in [0.05, 0.1) is 0 Å². The molecule has 1 aromatic heterocycles. The predicted octanol–water partition coefficient (Wildman–Crippen LogP) is 3.59. The average molecular weight is 293 g/mol. The second-order valence-electron chi connectivity index (χ2n) is 4.28. The molecule has 0 radical (unpaired) electrons. The number of hydrogen-bond acceptors (Lipinski definition) is 1. The van der Waals surface area contributed by atoms with E-state index < -0.39 is 0 Å². The summed E-state index contributed by atoms with van der Waals surface area (Å²) in [6.45, 7) is 5.73. The summed E-state index contributed by atoms with van der Waals surface area (Å²) in [6, 6.07) is 6.25. The largest absolute Gasteiger partial charge is 0.361 e. The van der Waals surface area contributed by atoms with Gasteiger partial charge in [0, 0.05) is 34.7 Å². The van der Waals surface area contributed by atoms with E-state index in [9.17, 15) is 0 Å². The molecule has 0 unspecified atom stereocenters. The Morgan fingerprint density at radius 2 is 2.29 bits per heavy atom. The summed E-state index contributed by atoms with van der Waals surface area (Å²) in [5, 5.41) is 1.31.